The number of esters is 1. The molecule has 18 heavy (non-hydrogen) atoms. The van der Waals surface area contributed by atoms with Crippen LogP contribution in [0.5, 0.6) is 0 Å². The van der Waals surface area contributed by atoms with Gasteiger partial charge >= 0.3 is 15.3 Å². The van der Waals surface area contributed by atoms with E-state index in [0.717, 1.165) is 6.42 Å². The molecule has 0 saturated heterocycles. The first-order chi connectivity index (χ1) is 8.69. The molecule has 1 aromatic rings. The monoisotopic (exact) mass is 268 g/mol. The summed E-state index contributed by atoms with van der Waals surface area (Å²) in [5, 5.41) is 0. The molecule has 0 heterocycles. The number of rotatable bonds is 7. The van der Waals surface area contributed by atoms with Crippen molar-refractivity contribution in [1.82, 2.24) is 0 Å². The highest BCUT2D eigenvalue weighted by Gasteiger charge is 2.20. The van der Waals surface area contributed by atoms with Crippen molar-refractivity contribution >= 4 is 15.3 Å². The Hall–Kier alpha value is -1.17. The molecule has 4 nitrogen and oxygen atoms in total. The Kier molecular flexibility index (Phi) is 6.63. The van der Waals surface area contributed by atoms with Crippen LogP contribution in [0.15, 0.2) is 30.3 Å². The molecule has 0 aromatic heterocycles. The molecular formula is C13H20O4Si. The van der Waals surface area contributed by atoms with Crippen LogP contribution in [0, 0.1) is 0 Å². The maximum Gasteiger partial charge on any atom is 0.338 e. The molecule has 5 heteroatoms. The summed E-state index contributed by atoms with van der Waals surface area (Å²) in [7, 11) is 1.70. The molecular weight excluding hydrogens is 248 g/mol. The average Bonchev–Trinajstić information content (AvgIpc) is 2.41. The fraction of sp³-hybridized carbons (Fsp3) is 0.462. The molecule has 0 fully saturated rings. The molecule has 0 aliphatic rings. The molecule has 1 unspecified atom stereocenters. The van der Waals surface area contributed by atoms with Crippen LogP contribution in [0.1, 0.15) is 23.7 Å². The van der Waals surface area contributed by atoms with Crippen LogP contribution in [0.2, 0.25) is 5.54 Å². The summed E-state index contributed by atoms with van der Waals surface area (Å²) in [4.78, 5) is 11.7. The lowest BCUT2D eigenvalue weighted by Crippen LogP contribution is -2.25. The van der Waals surface area contributed by atoms with Crippen LogP contribution in [0.3, 0.4) is 0 Å². The summed E-state index contributed by atoms with van der Waals surface area (Å²) < 4.78 is 15.8. The maximum absolute atomic E-state index is 11.7. The number of benzene rings is 1. The summed E-state index contributed by atoms with van der Waals surface area (Å²) in [5.74, 6) is -0.282. The van der Waals surface area contributed by atoms with E-state index in [2.05, 4.69) is 6.92 Å². The first kappa shape index (κ1) is 14.9. The van der Waals surface area contributed by atoms with Gasteiger partial charge in [-0.2, -0.15) is 0 Å². The highest BCUT2D eigenvalue weighted by Crippen LogP contribution is 2.15. The van der Waals surface area contributed by atoms with E-state index in [4.69, 9.17) is 13.6 Å². The zero-order valence-electron chi connectivity index (χ0n) is 11.1. The highest BCUT2D eigenvalue weighted by atomic mass is 28.3. The lowest BCUT2D eigenvalue weighted by atomic mass is 10.2. The first-order valence-corrected chi connectivity index (χ1v) is 7.57. The van der Waals surface area contributed by atoms with Crippen molar-refractivity contribution in [3.05, 3.63) is 35.9 Å². The first-order valence-electron chi connectivity index (χ1n) is 5.96. The molecule has 100 valence electrons. The van der Waals surface area contributed by atoms with Gasteiger partial charge in [0.05, 0.1) is 12.2 Å². The number of ether oxygens (including phenoxy) is 1. The van der Waals surface area contributed by atoms with E-state index in [1.54, 1.807) is 26.4 Å². The molecule has 0 aliphatic carbocycles. The molecule has 0 aliphatic heterocycles. The van der Waals surface area contributed by atoms with Crippen LogP contribution in [-0.4, -0.2) is 36.1 Å². The maximum atomic E-state index is 11.7. The van der Waals surface area contributed by atoms with Gasteiger partial charge < -0.3 is 13.6 Å². The third kappa shape index (κ3) is 4.60. The van der Waals surface area contributed by atoms with Crippen molar-refractivity contribution in [2.24, 2.45) is 0 Å². The summed E-state index contributed by atoms with van der Waals surface area (Å²) in [6.45, 7) is 2.45. The minimum Gasteiger partial charge on any atom is -0.462 e. The second-order valence-electron chi connectivity index (χ2n) is 4.11. The van der Waals surface area contributed by atoms with E-state index in [-0.39, 0.29) is 5.97 Å². The summed E-state index contributed by atoms with van der Waals surface area (Å²) in [6.07, 6.45) is 0.761. The van der Waals surface area contributed by atoms with Gasteiger partial charge in [-0.3, -0.25) is 0 Å². The van der Waals surface area contributed by atoms with Crippen molar-refractivity contribution < 1.29 is 18.4 Å². The lowest BCUT2D eigenvalue weighted by molar-refractivity contribution is 0.0496. The highest BCUT2D eigenvalue weighted by molar-refractivity contribution is 6.46. The fourth-order valence-electron chi connectivity index (χ4n) is 1.69. The molecule has 1 rings (SSSR count). The standard InChI is InChI=1S/C13H20O4Si/c1-11(18(15-2)16-3)9-10-17-13(14)12-7-5-4-6-8-12/h4-8,11,18H,9-10H2,1-3H3. The van der Waals surface area contributed by atoms with Crippen molar-refractivity contribution in [2.75, 3.05) is 20.8 Å². The minimum atomic E-state index is -1.61. The quantitative estimate of drug-likeness (QED) is 0.561. The van der Waals surface area contributed by atoms with Crippen LogP contribution in [-0.2, 0) is 13.6 Å². The molecule has 0 N–H and O–H groups in total. The molecule has 0 bridgehead atoms. The predicted molar refractivity (Wildman–Crippen MR) is 71.9 cm³/mol. The number of hydrogen-bond donors (Lipinski definition) is 0. The Labute approximate surface area is 110 Å². The van der Waals surface area contributed by atoms with Crippen molar-refractivity contribution in [2.45, 2.75) is 18.9 Å². The Bertz CT molecular complexity index is 351. The van der Waals surface area contributed by atoms with E-state index in [1.165, 1.54) is 0 Å². The smallest absolute Gasteiger partial charge is 0.338 e. The summed E-state index contributed by atoms with van der Waals surface area (Å²) in [6, 6.07) is 8.99. The number of carbonyl (C=O) groups is 1. The van der Waals surface area contributed by atoms with Gasteiger partial charge in [-0.25, -0.2) is 4.79 Å². The van der Waals surface area contributed by atoms with Crippen molar-refractivity contribution in [3.63, 3.8) is 0 Å². The van der Waals surface area contributed by atoms with Gasteiger partial charge in [0.2, 0.25) is 0 Å². The topological polar surface area (TPSA) is 44.8 Å². The molecule has 0 saturated carbocycles. The molecule has 0 spiro atoms. The van der Waals surface area contributed by atoms with Gasteiger partial charge in [-0.1, -0.05) is 25.1 Å². The predicted octanol–water partition coefficient (Wildman–Crippen LogP) is 2.14. The Morgan fingerprint density at radius 3 is 2.39 bits per heavy atom. The van der Waals surface area contributed by atoms with E-state index >= 15 is 0 Å². The molecule has 0 amide bonds. The third-order valence-corrected chi connectivity index (χ3v) is 4.94. The minimum absolute atomic E-state index is 0.282. The van der Waals surface area contributed by atoms with Crippen molar-refractivity contribution in [3.8, 4) is 0 Å². The number of hydrogen-bond acceptors (Lipinski definition) is 4. The Morgan fingerprint density at radius 1 is 1.22 bits per heavy atom. The van der Waals surface area contributed by atoms with Crippen molar-refractivity contribution in [1.29, 1.82) is 0 Å². The fourth-order valence-corrected chi connectivity index (χ4v) is 3.22. The van der Waals surface area contributed by atoms with Crippen LogP contribution in [0.25, 0.3) is 0 Å². The third-order valence-electron chi connectivity index (χ3n) is 2.75. The van der Waals surface area contributed by atoms with Crippen LogP contribution in [0.4, 0.5) is 0 Å². The van der Waals surface area contributed by atoms with Gasteiger partial charge in [0, 0.05) is 19.8 Å². The summed E-state index contributed by atoms with van der Waals surface area (Å²) in [5.41, 5.74) is 0.890. The molecule has 1 aromatic carbocycles. The average molecular weight is 268 g/mol. The number of carbonyl (C=O) groups excluding carboxylic acids is 1. The van der Waals surface area contributed by atoms with Gasteiger partial charge in [-0.05, 0) is 18.6 Å². The van der Waals surface area contributed by atoms with E-state index in [0.29, 0.717) is 17.7 Å². The molecule has 1 atom stereocenters. The van der Waals surface area contributed by atoms with Crippen LogP contribution >= 0.6 is 0 Å². The van der Waals surface area contributed by atoms with Gasteiger partial charge in [0.15, 0.2) is 0 Å². The Morgan fingerprint density at radius 2 is 1.83 bits per heavy atom. The van der Waals surface area contributed by atoms with Gasteiger partial charge in [-0.15, -0.1) is 0 Å². The SMILES string of the molecule is CO[SiH](OC)C(C)CCOC(=O)c1ccccc1. The Balaban J connectivity index is 2.32. The van der Waals surface area contributed by atoms with Gasteiger partial charge in [0.25, 0.3) is 0 Å². The second kappa shape index (κ2) is 8.02. The molecule has 0 radical (unpaired) electrons. The normalized spacial score (nSPS) is 12.4. The van der Waals surface area contributed by atoms with Crippen LogP contribution < -0.4 is 0 Å². The van der Waals surface area contributed by atoms with E-state index < -0.39 is 9.28 Å². The lowest BCUT2D eigenvalue weighted by Gasteiger charge is -2.18. The summed E-state index contributed by atoms with van der Waals surface area (Å²) >= 11 is 0. The second-order valence-corrected chi connectivity index (χ2v) is 6.93. The largest absolute Gasteiger partial charge is 0.462 e. The van der Waals surface area contributed by atoms with E-state index in [9.17, 15) is 4.79 Å². The van der Waals surface area contributed by atoms with Gasteiger partial charge in [0.1, 0.15) is 0 Å². The zero-order chi connectivity index (χ0) is 13.4. The van der Waals surface area contributed by atoms with E-state index in [1.807, 2.05) is 18.2 Å². The zero-order valence-corrected chi connectivity index (χ0v) is 12.2.